The molecule has 26 heavy (non-hydrogen) atoms. The highest BCUT2D eigenvalue weighted by Gasteiger charge is 2.34. The number of hydrogen-bond acceptors (Lipinski definition) is 3. The first-order valence-corrected chi connectivity index (χ1v) is 11.4. The minimum Gasteiger partial charge on any atom is -0.341 e. The van der Waals surface area contributed by atoms with Gasteiger partial charge in [-0.1, -0.05) is 43.2 Å². The van der Waals surface area contributed by atoms with Crippen molar-refractivity contribution in [3.8, 4) is 0 Å². The fourth-order valence-corrected chi connectivity index (χ4v) is 5.78. The molecule has 6 heteroatoms. The molecule has 1 N–H and O–H groups in total. The zero-order chi connectivity index (χ0) is 18.4. The number of nitrogens with zero attached hydrogens (tertiary/aromatic N) is 1. The van der Waals surface area contributed by atoms with E-state index < -0.39 is 15.3 Å². The minimum absolute atomic E-state index is 0.0849. The lowest BCUT2D eigenvalue weighted by atomic mass is 10.1. The summed E-state index contributed by atoms with van der Waals surface area (Å²) in [6.07, 6.45) is 7.66. The largest absolute Gasteiger partial charge is 0.341 e. The van der Waals surface area contributed by atoms with E-state index in [4.69, 9.17) is 0 Å². The molecule has 0 radical (unpaired) electrons. The Bertz CT molecular complexity index is 684. The zero-order valence-corrected chi connectivity index (χ0v) is 16.2. The van der Waals surface area contributed by atoms with Gasteiger partial charge in [0, 0.05) is 25.6 Å². The molecule has 3 rings (SSSR count). The van der Waals surface area contributed by atoms with Crippen molar-refractivity contribution in [2.45, 2.75) is 69.1 Å². The number of amides is 1. The molecule has 2 aliphatic rings. The van der Waals surface area contributed by atoms with Crippen molar-refractivity contribution in [2.75, 3.05) is 13.1 Å². The van der Waals surface area contributed by atoms with Crippen LogP contribution in [0.15, 0.2) is 30.3 Å². The molecule has 1 aliphatic heterocycles. The lowest BCUT2D eigenvalue weighted by Crippen LogP contribution is -2.49. The third-order valence-corrected chi connectivity index (χ3v) is 7.48. The van der Waals surface area contributed by atoms with Crippen LogP contribution in [-0.2, 0) is 21.2 Å². The van der Waals surface area contributed by atoms with Gasteiger partial charge in [0.1, 0.15) is 0 Å². The summed E-state index contributed by atoms with van der Waals surface area (Å²) in [5.74, 6) is 0.0849. The third kappa shape index (κ3) is 5.30. The fraction of sp³-hybridized carbons (Fsp3) is 0.650. The van der Waals surface area contributed by atoms with Gasteiger partial charge in [0.2, 0.25) is 15.9 Å². The van der Waals surface area contributed by atoms with Gasteiger partial charge in [0.05, 0.1) is 5.25 Å². The maximum atomic E-state index is 12.7. The van der Waals surface area contributed by atoms with Crippen molar-refractivity contribution < 1.29 is 13.2 Å². The van der Waals surface area contributed by atoms with E-state index in [1.165, 1.54) is 5.56 Å². The van der Waals surface area contributed by atoms with E-state index in [-0.39, 0.29) is 11.9 Å². The summed E-state index contributed by atoms with van der Waals surface area (Å²) in [6.45, 7) is 1.02. The third-order valence-electron chi connectivity index (χ3n) is 5.55. The molecule has 1 aliphatic carbocycles. The smallest absolute Gasteiger partial charge is 0.222 e. The molecule has 1 atom stereocenters. The Morgan fingerprint density at radius 2 is 1.81 bits per heavy atom. The van der Waals surface area contributed by atoms with Crippen LogP contribution in [0.1, 0.15) is 56.9 Å². The molecule has 1 saturated carbocycles. The van der Waals surface area contributed by atoms with Gasteiger partial charge in [-0.25, -0.2) is 13.1 Å². The van der Waals surface area contributed by atoms with Gasteiger partial charge >= 0.3 is 0 Å². The van der Waals surface area contributed by atoms with Gasteiger partial charge in [0.15, 0.2) is 0 Å². The molecule has 0 bridgehead atoms. The summed E-state index contributed by atoms with van der Waals surface area (Å²) in [6, 6.07) is 10.2. The van der Waals surface area contributed by atoms with Crippen LogP contribution in [0.2, 0.25) is 0 Å². The zero-order valence-electron chi connectivity index (χ0n) is 15.4. The molecular weight excluding hydrogens is 348 g/mol. The summed E-state index contributed by atoms with van der Waals surface area (Å²) < 4.78 is 28.2. The molecule has 144 valence electrons. The first-order chi connectivity index (χ1) is 12.5. The van der Waals surface area contributed by atoms with Crippen molar-refractivity contribution in [3.05, 3.63) is 35.9 Å². The van der Waals surface area contributed by atoms with Gasteiger partial charge in [-0.3, -0.25) is 4.79 Å². The first kappa shape index (κ1) is 19.4. The normalized spacial score (nSPS) is 21.8. The number of aryl methyl sites for hydroxylation is 1. The van der Waals surface area contributed by atoms with Crippen molar-refractivity contribution in [2.24, 2.45) is 0 Å². The predicted molar refractivity (Wildman–Crippen MR) is 103 cm³/mol. The van der Waals surface area contributed by atoms with Crippen LogP contribution >= 0.6 is 0 Å². The average Bonchev–Trinajstić information content (AvgIpc) is 3.15. The van der Waals surface area contributed by atoms with Gasteiger partial charge in [-0.05, 0) is 44.1 Å². The number of hydrogen-bond donors (Lipinski definition) is 1. The Balaban J connectivity index is 1.48. The van der Waals surface area contributed by atoms with Crippen LogP contribution in [0.25, 0.3) is 0 Å². The first-order valence-electron chi connectivity index (χ1n) is 9.87. The fourth-order valence-electron chi connectivity index (χ4n) is 4.04. The number of carbonyl (C=O) groups is 1. The SMILES string of the molecule is O=C(CCCc1ccccc1)N1CCCC(S(=O)(=O)NC2CCCC2)C1. The summed E-state index contributed by atoms with van der Waals surface area (Å²) in [5, 5.41) is -0.463. The average molecular weight is 379 g/mol. The number of sulfonamides is 1. The maximum absolute atomic E-state index is 12.7. The second-order valence-corrected chi connectivity index (χ2v) is 9.58. The summed E-state index contributed by atoms with van der Waals surface area (Å²) in [4.78, 5) is 14.3. The summed E-state index contributed by atoms with van der Waals surface area (Å²) in [7, 11) is -3.34. The highest BCUT2D eigenvalue weighted by atomic mass is 32.2. The Labute approximate surface area is 157 Å². The second-order valence-electron chi connectivity index (χ2n) is 7.59. The van der Waals surface area contributed by atoms with Crippen LogP contribution in [0, 0.1) is 0 Å². The van der Waals surface area contributed by atoms with Crippen LogP contribution in [0.5, 0.6) is 0 Å². The van der Waals surface area contributed by atoms with Crippen LogP contribution < -0.4 is 4.72 Å². The van der Waals surface area contributed by atoms with Gasteiger partial charge in [-0.15, -0.1) is 0 Å². The van der Waals surface area contributed by atoms with E-state index in [0.29, 0.717) is 25.9 Å². The molecule has 1 aromatic carbocycles. The summed E-state index contributed by atoms with van der Waals surface area (Å²) in [5.41, 5.74) is 1.24. The highest BCUT2D eigenvalue weighted by Crippen LogP contribution is 2.22. The standard InChI is InChI=1S/C20H30N2O3S/c23-20(14-6-10-17-8-2-1-3-9-17)22-15-7-13-19(16-22)26(24,25)21-18-11-4-5-12-18/h1-3,8-9,18-19,21H,4-7,10-16H2. The molecular formula is C20H30N2O3S. The molecule has 2 fully saturated rings. The van der Waals surface area contributed by atoms with Gasteiger partial charge in [0.25, 0.3) is 0 Å². The highest BCUT2D eigenvalue weighted by molar-refractivity contribution is 7.90. The number of benzene rings is 1. The van der Waals surface area contributed by atoms with E-state index >= 15 is 0 Å². The van der Waals surface area contributed by atoms with E-state index in [2.05, 4.69) is 16.9 Å². The van der Waals surface area contributed by atoms with E-state index in [0.717, 1.165) is 44.9 Å². The predicted octanol–water partition coefficient (Wildman–Crippen LogP) is 2.86. The minimum atomic E-state index is -3.34. The second kappa shape index (κ2) is 9.00. The monoisotopic (exact) mass is 378 g/mol. The Morgan fingerprint density at radius 1 is 1.08 bits per heavy atom. The topological polar surface area (TPSA) is 66.5 Å². The number of nitrogens with one attached hydrogen (secondary N) is 1. The van der Waals surface area contributed by atoms with Gasteiger partial charge in [-0.2, -0.15) is 0 Å². The molecule has 0 aromatic heterocycles. The van der Waals surface area contributed by atoms with Crippen molar-refractivity contribution in [3.63, 3.8) is 0 Å². The Morgan fingerprint density at radius 3 is 2.54 bits per heavy atom. The van der Waals surface area contributed by atoms with Gasteiger partial charge < -0.3 is 4.90 Å². The Hall–Kier alpha value is -1.40. The van der Waals surface area contributed by atoms with Crippen molar-refractivity contribution >= 4 is 15.9 Å². The van der Waals surface area contributed by atoms with Crippen LogP contribution in [0.4, 0.5) is 0 Å². The lowest BCUT2D eigenvalue weighted by molar-refractivity contribution is -0.132. The number of piperidine rings is 1. The quantitative estimate of drug-likeness (QED) is 0.793. The van der Waals surface area contributed by atoms with E-state index in [1.807, 2.05) is 18.2 Å². The number of carbonyl (C=O) groups excluding carboxylic acids is 1. The molecule has 1 amide bonds. The number of likely N-dealkylation sites (tertiary alicyclic amines) is 1. The van der Waals surface area contributed by atoms with Crippen LogP contribution in [-0.4, -0.2) is 43.6 Å². The Kier molecular flexibility index (Phi) is 6.70. The molecule has 0 spiro atoms. The maximum Gasteiger partial charge on any atom is 0.222 e. The number of rotatable bonds is 7. The van der Waals surface area contributed by atoms with E-state index in [9.17, 15) is 13.2 Å². The molecule has 5 nitrogen and oxygen atoms in total. The molecule has 1 saturated heterocycles. The van der Waals surface area contributed by atoms with Crippen molar-refractivity contribution in [1.29, 1.82) is 0 Å². The molecule has 1 unspecified atom stereocenters. The molecule has 1 aromatic rings. The van der Waals surface area contributed by atoms with Crippen LogP contribution in [0.3, 0.4) is 0 Å². The lowest BCUT2D eigenvalue weighted by Gasteiger charge is -2.33. The van der Waals surface area contributed by atoms with E-state index in [1.54, 1.807) is 4.90 Å². The van der Waals surface area contributed by atoms with Crippen molar-refractivity contribution in [1.82, 2.24) is 9.62 Å². The molecule has 1 heterocycles. The summed E-state index contributed by atoms with van der Waals surface area (Å²) >= 11 is 0.